The minimum Gasteiger partial charge on any atom is -0.370 e. The molecule has 0 fully saturated rings. The molecule has 2 heterocycles. The highest BCUT2D eigenvalue weighted by molar-refractivity contribution is 6.31. The van der Waals surface area contributed by atoms with Gasteiger partial charge in [0.1, 0.15) is 5.82 Å². The first-order valence-corrected chi connectivity index (χ1v) is 5.96. The molecule has 0 saturated carbocycles. The van der Waals surface area contributed by atoms with Crippen LogP contribution >= 0.6 is 11.6 Å². The van der Waals surface area contributed by atoms with Gasteiger partial charge in [-0.3, -0.25) is 4.68 Å². The smallest absolute Gasteiger partial charge is 0.130 e. The van der Waals surface area contributed by atoms with E-state index < -0.39 is 0 Å². The van der Waals surface area contributed by atoms with Crippen LogP contribution in [0.5, 0.6) is 0 Å². The van der Waals surface area contributed by atoms with Gasteiger partial charge in [0.2, 0.25) is 0 Å². The van der Waals surface area contributed by atoms with Crippen molar-refractivity contribution in [3.8, 4) is 0 Å². The van der Waals surface area contributed by atoms with Crippen molar-refractivity contribution < 1.29 is 0 Å². The molecule has 0 aliphatic heterocycles. The van der Waals surface area contributed by atoms with Crippen molar-refractivity contribution in [2.45, 2.75) is 20.4 Å². The summed E-state index contributed by atoms with van der Waals surface area (Å²) in [5, 5.41) is 8.26. The van der Waals surface area contributed by atoms with Crippen molar-refractivity contribution >= 4 is 17.4 Å². The molecule has 2 aromatic heterocycles. The van der Waals surface area contributed by atoms with Crippen LogP contribution in [-0.2, 0) is 6.54 Å². The van der Waals surface area contributed by atoms with Crippen molar-refractivity contribution in [2.75, 3.05) is 11.9 Å². The molecule has 0 aliphatic carbocycles. The third-order valence-electron chi connectivity index (χ3n) is 2.45. The number of aryl methyl sites for hydroxylation is 1. The van der Waals surface area contributed by atoms with Gasteiger partial charge < -0.3 is 5.32 Å². The first kappa shape index (κ1) is 11.9. The largest absolute Gasteiger partial charge is 0.370 e. The summed E-state index contributed by atoms with van der Waals surface area (Å²) in [6.07, 6.45) is 3.61. The van der Waals surface area contributed by atoms with Crippen LogP contribution in [0.3, 0.4) is 0 Å². The SMILES string of the molecule is CCNc1ncccc1Cn1cc(Cl)c(C)n1. The molecule has 90 valence electrons. The van der Waals surface area contributed by atoms with Crippen molar-refractivity contribution in [2.24, 2.45) is 0 Å². The summed E-state index contributed by atoms with van der Waals surface area (Å²) < 4.78 is 1.83. The topological polar surface area (TPSA) is 42.7 Å². The first-order chi connectivity index (χ1) is 8.20. The van der Waals surface area contributed by atoms with Gasteiger partial charge in [0.15, 0.2) is 0 Å². The highest BCUT2D eigenvalue weighted by atomic mass is 35.5. The molecule has 17 heavy (non-hydrogen) atoms. The first-order valence-electron chi connectivity index (χ1n) is 5.58. The third kappa shape index (κ3) is 2.77. The van der Waals surface area contributed by atoms with Gasteiger partial charge in [0, 0.05) is 24.5 Å². The maximum Gasteiger partial charge on any atom is 0.130 e. The monoisotopic (exact) mass is 250 g/mol. The van der Waals surface area contributed by atoms with Gasteiger partial charge in [0.25, 0.3) is 0 Å². The zero-order valence-electron chi connectivity index (χ0n) is 9.94. The van der Waals surface area contributed by atoms with E-state index in [1.165, 1.54) is 0 Å². The van der Waals surface area contributed by atoms with Crippen molar-refractivity contribution in [1.82, 2.24) is 14.8 Å². The second-order valence-electron chi connectivity index (χ2n) is 3.80. The van der Waals surface area contributed by atoms with Gasteiger partial charge in [-0.05, 0) is 19.9 Å². The van der Waals surface area contributed by atoms with Gasteiger partial charge in [-0.2, -0.15) is 5.10 Å². The molecule has 2 aromatic rings. The third-order valence-corrected chi connectivity index (χ3v) is 2.83. The van der Waals surface area contributed by atoms with Gasteiger partial charge in [-0.25, -0.2) is 4.98 Å². The minimum absolute atomic E-state index is 0.670. The molecule has 0 radical (unpaired) electrons. The number of halogens is 1. The summed E-state index contributed by atoms with van der Waals surface area (Å²) in [7, 11) is 0. The Bertz CT molecular complexity index is 487. The van der Waals surface area contributed by atoms with E-state index >= 15 is 0 Å². The number of hydrogen-bond donors (Lipinski definition) is 1. The molecule has 0 aromatic carbocycles. The Morgan fingerprint density at radius 3 is 2.94 bits per heavy atom. The zero-order chi connectivity index (χ0) is 12.3. The van der Waals surface area contributed by atoms with E-state index in [1.807, 2.05) is 36.9 Å². The predicted molar refractivity (Wildman–Crippen MR) is 69.5 cm³/mol. The quantitative estimate of drug-likeness (QED) is 0.907. The molecule has 2 rings (SSSR count). The number of pyridine rings is 1. The number of hydrogen-bond acceptors (Lipinski definition) is 3. The van der Waals surface area contributed by atoms with E-state index in [2.05, 4.69) is 15.4 Å². The molecule has 0 amide bonds. The van der Waals surface area contributed by atoms with Crippen LogP contribution in [0.2, 0.25) is 5.02 Å². The van der Waals surface area contributed by atoms with E-state index in [-0.39, 0.29) is 0 Å². The molecular weight excluding hydrogens is 236 g/mol. The summed E-state index contributed by atoms with van der Waals surface area (Å²) in [5.74, 6) is 0.902. The van der Waals surface area contributed by atoms with E-state index in [9.17, 15) is 0 Å². The molecule has 0 atom stereocenters. The van der Waals surface area contributed by atoms with E-state index in [0.29, 0.717) is 11.6 Å². The molecule has 4 nitrogen and oxygen atoms in total. The average molecular weight is 251 g/mol. The van der Waals surface area contributed by atoms with Crippen molar-refractivity contribution in [1.29, 1.82) is 0 Å². The Kier molecular flexibility index (Phi) is 3.64. The number of aromatic nitrogens is 3. The highest BCUT2D eigenvalue weighted by Crippen LogP contribution is 2.16. The number of rotatable bonds is 4. The van der Waals surface area contributed by atoms with Crippen LogP contribution in [0.15, 0.2) is 24.5 Å². The van der Waals surface area contributed by atoms with E-state index in [4.69, 9.17) is 11.6 Å². The van der Waals surface area contributed by atoms with Gasteiger partial charge in [-0.15, -0.1) is 0 Å². The molecular formula is C12H15ClN4. The molecule has 1 N–H and O–H groups in total. The van der Waals surface area contributed by atoms with Crippen LogP contribution in [0.1, 0.15) is 18.2 Å². The van der Waals surface area contributed by atoms with E-state index in [1.54, 1.807) is 6.20 Å². The fourth-order valence-corrected chi connectivity index (χ4v) is 1.79. The highest BCUT2D eigenvalue weighted by Gasteiger charge is 2.06. The summed E-state index contributed by atoms with van der Waals surface area (Å²) in [6, 6.07) is 3.96. The summed E-state index contributed by atoms with van der Waals surface area (Å²) in [4.78, 5) is 4.31. The second-order valence-corrected chi connectivity index (χ2v) is 4.21. The minimum atomic E-state index is 0.670. The Morgan fingerprint density at radius 1 is 1.47 bits per heavy atom. The van der Waals surface area contributed by atoms with Crippen LogP contribution in [0.25, 0.3) is 0 Å². The fraction of sp³-hybridized carbons (Fsp3) is 0.333. The maximum atomic E-state index is 5.98. The molecule has 0 unspecified atom stereocenters. The number of nitrogens with zero attached hydrogens (tertiary/aromatic N) is 3. The Labute approximate surface area is 106 Å². The summed E-state index contributed by atoms with van der Waals surface area (Å²) in [5.41, 5.74) is 1.95. The van der Waals surface area contributed by atoms with E-state index in [0.717, 1.165) is 23.6 Å². The van der Waals surface area contributed by atoms with Crippen LogP contribution < -0.4 is 5.32 Å². The Balaban J connectivity index is 2.23. The lowest BCUT2D eigenvalue weighted by atomic mass is 10.2. The lowest BCUT2D eigenvalue weighted by Crippen LogP contribution is -2.07. The maximum absolute atomic E-state index is 5.98. The predicted octanol–water partition coefficient (Wildman–Crippen LogP) is 2.72. The Morgan fingerprint density at radius 2 is 2.29 bits per heavy atom. The average Bonchev–Trinajstić information content (AvgIpc) is 2.61. The van der Waals surface area contributed by atoms with Crippen LogP contribution in [-0.4, -0.2) is 21.3 Å². The summed E-state index contributed by atoms with van der Waals surface area (Å²) >= 11 is 5.98. The lowest BCUT2D eigenvalue weighted by molar-refractivity contribution is 0.678. The zero-order valence-corrected chi connectivity index (χ0v) is 10.7. The van der Waals surface area contributed by atoms with Crippen LogP contribution in [0, 0.1) is 6.92 Å². The Hall–Kier alpha value is -1.55. The van der Waals surface area contributed by atoms with Crippen molar-refractivity contribution in [3.63, 3.8) is 0 Å². The standard InChI is InChI=1S/C12H15ClN4/c1-3-14-12-10(5-4-6-15-12)7-17-8-11(13)9(2)16-17/h4-6,8H,3,7H2,1-2H3,(H,14,15). The molecule has 0 spiro atoms. The molecule has 5 heteroatoms. The lowest BCUT2D eigenvalue weighted by Gasteiger charge is -2.09. The molecule has 0 saturated heterocycles. The fourth-order valence-electron chi connectivity index (χ4n) is 1.64. The van der Waals surface area contributed by atoms with Gasteiger partial charge in [-0.1, -0.05) is 17.7 Å². The molecule has 0 aliphatic rings. The molecule has 0 bridgehead atoms. The second kappa shape index (κ2) is 5.19. The van der Waals surface area contributed by atoms with Crippen molar-refractivity contribution in [3.05, 3.63) is 40.8 Å². The van der Waals surface area contributed by atoms with Gasteiger partial charge >= 0.3 is 0 Å². The van der Waals surface area contributed by atoms with Crippen LogP contribution in [0.4, 0.5) is 5.82 Å². The number of anilines is 1. The van der Waals surface area contributed by atoms with Gasteiger partial charge in [0.05, 0.1) is 17.3 Å². The number of nitrogens with one attached hydrogen (secondary N) is 1. The summed E-state index contributed by atoms with van der Waals surface area (Å²) in [6.45, 7) is 5.47. The normalized spacial score (nSPS) is 10.5.